The summed E-state index contributed by atoms with van der Waals surface area (Å²) >= 11 is 3.57. The number of nitrogen functional groups attached to an aromatic ring is 1. The van der Waals surface area contributed by atoms with Crippen LogP contribution in [0.15, 0.2) is 40.9 Å². The van der Waals surface area contributed by atoms with Crippen LogP contribution in [0.25, 0.3) is 0 Å². The van der Waals surface area contributed by atoms with Crippen LogP contribution < -0.4 is 10.5 Å². The minimum absolute atomic E-state index is 0.774. The van der Waals surface area contributed by atoms with Gasteiger partial charge in [-0.3, -0.25) is 0 Å². The van der Waals surface area contributed by atoms with E-state index in [1.807, 2.05) is 37.3 Å². The topological polar surface area (TPSA) is 35.2 Å². The van der Waals surface area contributed by atoms with Crippen LogP contribution in [0.3, 0.4) is 0 Å². The monoisotopic (exact) mass is 305 g/mol. The lowest BCUT2D eigenvalue weighted by atomic mass is 9.99. The molecule has 2 nitrogen and oxygen atoms in total. The maximum atomic E-state index is 6.00. The summed E-state index contributed by atoms with van der Waals surface area (Å²) < 4.78 is 6.38. The van der Waals surface area contributed by atoms with Crippen LogP contribution in [0.5, 0.6) is 5.75 Å². The Bertz CT molecular complexity index is 566. The standard InChI is InChI=1S/C15H16BrNO/c1-10-12(8-13(18-2)9-15(10)17)7-11-5-3-4-6-14(11)16/h3-6,8-9H,7,17H2,1-2H3. The van der Waals surface area contributed by atoms with Gasteiger partial charge in [-0.25, -0.2) is 0 Å². The fourth-order valence-electron chi connectivity index (χ4n) is 1.92. The summed E-state index contributed by atoms with van der Waals surface area (Å²) in [5.74, 6) is 0.806. The van der Waals surface area contributed by atoms with Crippen molar-refractivity contribution in [3.63, 3.8) is 0 Å². The zero-order valence-electron chi connectivity index (χ0n) is 10.5. The van der Waals surface area contributed by atoms with E-state index in [9.17, 15) is 0 Å². The lowest BCUT2D eigenvalue weighted by Gasteiger charge is -2.12. The van der Waals surface area contributed by atoms with Crippen LogP contribution in [-0.4, -0.2) is 7.11 Å². The second kappa shape index (κ2) is 5.44. The molecule has 0 aliphatic heterocycles. The number of nitrogens with two attached hydrogens (primary N) is 1. The molecule has 0 amide bonds. The van der Waals surface area contributed by atoms with E-state index < -0.39 is 0 Å². The molecule has 0 aliphatic rings. The first-order valence-corrected chi connectivity index (χ1v) is 6.57. The van der Waals surface area contributed by atoms with Crippen molar-refractivity contribution in [3.05, 3.63) is 57.6 Å². The lowest BCUT2D eigenvalue weighted by molar-refractivity contribution is 0.414. The van der Waals surface area contributed by atoms with E-state index >= 15 is 0 Å². The Morgan fingerprint density at radius 1 is 1.17 bits per heavy atom. The minimum atomic E-state index is 0.774. The fourth-order valence-corrected chi connectivity index (χ4v) is 2.34. The molecule has 0 bridgehead atoms. The molecule has 0 radical (unpaired) electrons. The molecule has 0 saturated heterocycles. The number of hydrogen-bond donors (Lipinski definition) is 1. The van der Waals surface area contributed by atoms with Gasteiger partial charge in [-0.2, -0.15) is 0 Å². The Kier molecular flexibility index (Phi) is 3.92. The van der Waals surface area contributed by atoms with Gasteiger partial charge in [-0.15, -0.1) is 0 Å². The van der Waals surface area contributed by atoms with Gasteiger partial charge in [-0.05, 0) is 42.2 Å². The molecule has 0 saturated carbocycles. The molecule has 2 rings (SSSR count). The van der Waals surface area contributed by atoms with Crippen molar-refractivity contribution in [2.75, 3.05) is 12.8 Å². The number of ether oxygens (including phenoxy) is 1. The van der Waals surface area contributed by atoms with Crippen molar-refractivity contribution in [1.82, 2.24) is 0 Å². The van der Waals surface area contributed by atoms with Crippen LogP contribution in [0.1, 0.15) is 16.7 Å². The predicted molar refractivity (Wildman–Crippen MR) is 79.1 cm³/mol. The zero-order chi connectivity index (χ0) is 13.1. The Morgan fingerprint density at radius 3 is 2.56 bits per heavy atom. The normalized spacial score (nSPS) is 10.4. The largest absolute Gasteiger partial charge is 0.497 e. The van der Waals surface area contributed by atoms with Crippen molar-refractivity contribution < 1.29 is 4.74 Å². The van der Waals surface area contributed by atoms with Crippen molar-refractivity contribution in [2.45, 2.75) is 13.3 Å². The third-order valence-corrected chi connectivity index (χ3v) is 3.88. The summed E-state index contributed by atoms with van der Waals surface area (Å²) in [4.78, 5) is 0. The summed E-state index contributed by atoms with van der Waals surface area (Å²) in [6, 6.07) is 12.1. The Labute approximate surface area is 116 Å². The fraction of sp³-hybridized carbons (Fsp3) is 0.200. The molecule has 0 spiro atoms. The predicted octanol–water partition coefficient (Wildman–Crippen LogP) is 3.94. The van der Waals surface area contributed by atoms with Gasteiger partial charge in [0.2, 0.25) is 0 Å². The number of rotatable bonds is 3. The molecule has 2 aromatic carbocycles. The summed E-state index contributed by atoms with van der Waals surface area (Å²) in [6.45, 7) is 2.04. The second-order valence-corrected chi connectivity index (χ2v) is 5.12. The first-order valence-electron chi connectivity index (χ1n) is 5.78. The van der Waals surface area contributed by atoms with E-state index in [-0.39, 0.29) is 0 Å². The quantitative estimate of drug-likeness (QED) is 0.872. The van der Waals surface area contributed by atoms with Crippen LogP contribution in [0.2, 0.25) is 0 Å². The van der Waals surface area contributed by atoms with E-state index in [0.29, 0.717) is 0 Å². The highest BCUT2D eigenvalue weighted by molar-refractivity contribution is 9.10. The average molecular weight is 306 g/mol. The lowest BCUT2D eigenvalue weighted by Crippen LogP contribution is -1.99. The minimum Gasteiger partial charge on any atom is -0.497 e. The maximum Gasteiger partial charge on any atom is 0.121 e. The Morgan fingerprint density at radius 2 is 1.89 bits per heavy atom. The van der Waals surface area contributed by atoms with E-state index in [1.165, 1.54) is 11.1 Å². The van der Waals surface area contributed by atoms with Crippen LogP contribution in [0, 0.1) is 6.92 Å². The van der Waals surface area contributed by atoms with Crippen molar-refractivity contribution in [3.8, 4) is 5.75 Å². The summed E-state index contributed by atoms with van der Waals surface area (Å²) in [7, 11) is 1.66. The van der Waals surface area contributed by atoms with Crippen LogP contribution in [-0.2, 0) is 6.42 Å². The molecule has 0 heterocycles. The molecule has 2 aromatic rings. The number of benzene rings is 2. The van der Waals surface area contributed by atoms with Gasteiger partial charge in [0.05, 0.1) is 7.11 Å². The van der Waals surface area contributed by atoms with E-state index in [2.05, 4.69) is 22.0 Å². The third kappa shape index (κ3) is 2.67. The van der Waals surface area contributed by atoms with Gasteiger partial charge in [-0.1, -0.05) is 34.1 Å². The SMILES string of the molecule is COc1cc(N)c(C)c(Cc2ccccc2Br)c1. The highest BCUT2D eigenvalue weighted by atomic mass is 79.9. The Balaban J connectivity index is 2.40. The van der Waals surface area contributed by atoms with E-state index in [4.69, 9.17) is 10.5 Å². The molecule has 18 heavy (non-hydrogen) atoms. The molecular weight excluding hydrogens is 290 g/mol. The van der Waals surface area contributed by atoms with Crippen molar-refractivity contribution in [2.24, 2.45) is 0 Å². The Hall–Kier alpha value is -1.48. The van der Waals surface area contributed by atoms with Gasteiger partial charge in [0.15, 0.2) is 0 Å². The van der Waals surface area contributed by atoms with Gasteiger partial charge in [0.25, 0.3) is 0 Å². The molecule has 0 aromatic heterocycles. The highest BCUT2D eigenvalue weighted by Gasteiger charge is 2.08. The van der Waals surface area contributed by atoms with Crippen LogP contribution >= 0.6 is 15.9 Å². The van der Waals surface area contributed by atoms with E-state index in [1.54, 1.807) is 7.11 Å². The zero-order valence-corrected chi connectivity index (χ0v) is 12.1. The second-order valence-electron chi connectivity index (χ2n) is 4.27. The summed E-state index contributed by atoms with van der Waals surface area (Å²) in [5, 5.41) is 0. The average Bonchev–Trinajstić information content (AvgIpc) is 2.37. The highest BCUT2D eigenvalue weighted by Crippen LogP contribution is 2.27. The van der Waals surface area contributed by atoms with Gasteiger partial charge in [0.1, 0.15) is 5.75 Å². The van der Waals surface area contributed by atoms with Gasteiger partial charge < -0.3 is 10.5 Å². The molecule has 94 valence electrons. The van der Waals surface area contributed by atoms with Gasteiger partial charge >= 0.3 is 0 Å². The smallest absolute Gasteiger partial charge is 0.121 e. The van der Waals surface area contributed by atoms with E-state index in [0.717, 1.165) is 27.9 Å². The number of hydrogen-bond acceptors (Lipinski definition) is 2. The maximum absolute atomic E-state index is 6.00. The molecule has 3 heteroatoms. The first-order chi connectivity index (χ1) is 8.61. The molecular formula is C15H16BrNO. The number of halogens is 1. The number of methoxy groups -OCH3 is 1. The summed E-state index contributed by atoms with van der Waals surface area (Å²) in [5.41, 5.74) is 10.3. The first kappa shape index (κ1) is 13.0. The molecule has 0 aliphatic carbocycles. The molecule has 0 fully saturated rings. The molecule has 0 unspecified atom stereocenters. The summed E-state index contributed by atoms with van der Waals surface area (Å²) in [6.07, 6.45) is 0.842. The van der Waals surface area contributed by atoms with Gasteiger partial charge in [0, 0.05) is 16.2 Å². The van der Waals surface area contributed by atoms with Crippen molar-refractivity contribution >= 4 is 21.6 Å². The molecule has 2 N–H and O–H groups in total. The third-order valence-electron chi connectivity index (χ3n) is 3.10. The molecule has 0 atom stereocenters. The van der Waals surface area contributed by atoms with Crippen LogP contribution in [0.4, 0.5) is 5.69 Å². The van der Waals surface area contributed by atoms with Crippen molar-refractivity contribution in [1.29, 1.82) is 0 Å². The number of anilines is 1.